The topological polar surface area (TPSA) is 70.2 Å². The van der Waals surface area contributed by atoms with Crippen molar-refractivity contribution in [2.45, 2.75) is 43.0 Å². The van der Waals surface area contributed by atoms with Gasteiger partial charge in [0.2, 0.25) is 15.9 Å². The van der Waals surface area contributed by atoms with Crippen LogP contribution in [0.25, 0.3) is 0 Å². The number of hydrogen-bond acceptors (Lipinski definition) is 5. The fourth-order valence-electron chi connectivity index (χ4n) is 4.83. The van der Waals surface area contributed by atoms with E-state index in [-0.39, 0.29) is 23.4 Å². The molecule has 4 rings (SSSR count). The second kappa shape index (κ2) is 10.6. The molecule has 0 aromatic heterocycles. The summed E-state index contributed by atoms with van der Waals surface area (Å²) in [5, 5.41) is 0. The third kappa shape index (κ3) is 5.33. The van der Waals surface area contributed by atoms with Crippen LogP contribution in [0.5, 0.6) is 5.75 Å². The van der Waals surface area contributed by atoms with Crippen LogP contribution >= 0.6 is 0 Å². The Kier molecular flexibility index (Phi) is 7.55. The fraction of sp³-hybridized carbons (Fsp3) is 0.480. The predicted octanol–water partition coefficient (Wildman–Crippen LogP) is 3.37. The van der Waals surface area contributed by atoms with Crippen LogP contribution in [0, 0.1) is 0 Å². The number of piperazine rings is 1. The molecule has 1 aliphatic heterocycles. The lowest BCUT2D eigenvalue weighted by molar-refractivity contribution is -0.132. The number of sulfonamides is 1. The van der Waals surface area contributed by atoms with Gasteiger partial charge in [0.05, 0.1) is 24.2 Å². The molecule has 33 heavy (non-hydrogen) atoms. The van der Waals surface area contributed by atoms with Crippen molar-refractivity contribution in [2.75, 3.05) is 44.7 Å². The minimum atomic E-state index is -3.74. The van der Waals surface area contributed by atoms with E-state index in [1.807, 2.05) is 24.3 Å². The monoisotopic (exact) mass is 471 g/mol. The van der Waals surface area contributed by atoms with Crippen molar-refractivity contribution in [1.29, 1.82) is 0 Å². The van der Waals surface area contributed by atoms with Crippen molar-refractivity contribution in [3.8, 4) is 5.75 Å². The van der Waals surface area contributed by atoms with Crippen molar-refractivity contribution in [3.05, 3.63) is 54.6 Å². The Morgan fingerprint density at radius 2 is 1.58 bits per heavy atom. The Balaban J connectivity index is 1.46. The largest absolute Gasteiger partial charge is 0.495 e. The molecule has 0 N–H and O–H groups in total. The van der Waals surface area contributed by atoms with Gasteiger partial charge in [0.25, 0.3) is 0 Å². The quantitative estimate of drug-likeness (QED) is 0.619. The molecule has 1 saturated carbocycles. The van der Waals surface area contributed by atoms with E-state index in [0.29, 0.717) is 26.2 Å². The maximum Gasteiger partial charge on any atom is 0.243 e. The van der Waals surface area contributed by atoms with Crippen molar-refractivity contribution < 1.29 is 17.9 Å². The van der Waals surface area contributed by atoms with E-state index >= 15 is 0 Å². The highest BCUT2D eigenvalue weighted by Crippen LogP contribution is 2.30. The lowest BCUT2D eigenvalue weighted by Crippen LogP contribution is -2.53. The highest BCUT2D eigenvalue weighted by atomic mass is 32.2. The molecular weight excluding hydrogens is 438 g/mol. The van der Waals surface area contributed by atoms with Gasteiger partial charge < -0.3 is 14.5 Å². The van der Waals surface area contributed by atoms with E-state index < -0.39 is 10.0 Å². The molecule has 1 heterocycles. The second-order valence-corrected chi connectivity index (χ2v) is 10.6. The van der Waals surface area contributed by atoms with Crippen molar-refractivity contribution in [1.82, 2.24) is 9.21 Å². The molecule has 0 unspecified atom stereocenters. The van der Waals surface area contributed by atoms with Crippen molar-refractivity contribution in [2.24, 2.45) is 0 Å². The van der Waals surface area contributed by atoms with Gasteiger partial charge in [-0.2, -0.15) is 4.31 Å². The van der Waals surface area contributed by atoms with Gasteiger partial charge in [0, 0.05) is 32.2 Å². The van der Waals surface area contributed by atoms with Gasteiger partial charge in [0.15, 0.2) is 0 Å². The van der Waals surface area contributed by atoms with Crippen molar-refractivity contribution >= 4 is 21.6 Å². The summed E-state index contributed by atoms with van der Waals surface area (Å²) in [4.78, 5) is 17.5. The molecule has 0 radical (unpaired) electrons. The first-order chi connectivity index (χ1) is 16.0. The van der Waals surface area contributed by atoms with Crippen LogP contribution in [-0.4, -0.2) is 69.4 Å². The molecular formula is C25H33N3O4S. The summed E-state index contributed by atoms with van der Waals surface area (Å²) in [6, 6.07) is 16.2. The van der Waals surface area contributed by atoms with E-state index in [9.17, 15) is 13.2 Å². The molecule has 0 spiro atoms. The number of nitrogens with zero attached hydrogens (tertiary/aromatic N) is 3. The van der Waals surface area contributed by atoms with Gasteiger partial charge in [-0.25, -0.2) is 8.42 Å². The highest BCUT2D eigenvalue weighted by molar-refractivity contribution is 7.89. The van der Waals surface area contributed by atoms with E-state index in [1.165, 1.54) is 4.31 Å². The molecule has 0 bridgehead atoms. The van der Waals surface area contributed by atoms with Crippen LogP contribution < -0.4 is 9.64 Å². The number of anilines is 1. The highest BCUT2D eigenvalue weighted by Gasteiger charge is 2.35. The number of ether oxygens (including phenoxy) is 1. The molecule has 2 aromatic carbocycles. The van der Waals surface area contributed by atoms with Gasteiger partial charge in [-0.15, -0.1) is 0 Å². The Labute approximate surface area is 197 Å². The molecule has 0 atom stereocenters. The number of carbonyl (C=O) groups is 1. The van der Waals surface area contributed by atoms with Crippen LogP contribution in [0.15, 0.2) is 59.5 Å². The number of carbonyl (C=O) groups excluding carboxylic acids is 1. The molecule has 2 aromatic rings. The summed E-state index contributed by atoms with van der Waals surface area (Å²) >= 11 is 0. The Bertz CT molecular complexity index is 1030. The average molecular weight is 472 g/mol. The van der Waals surface area contributed by atoms with Crippen molar-refractivity contribution in [3.63, 3.8) is 0 Å². The van der Waals surface area contributed by atoms with Gasteiger partial charge in [-0.3, -0.25) is 4.79 Å². The third-order valence-electron chi connectivity index (χ3n) is 6.68. The maximum absolute atomic E-state index is 13.5. The summed E-state index contributed by atoms with van der Waals surface area (Å²) in [5.41, 5.74) is 1.02. The van der Waals surface area contributed by atoms with Crippen LogP contribution in [0.4, 0.5) is 5.69 Å². The van der Waals surface area contributed by atoms with E-state index in [1.54, 1.807) is 42.3 Å². The van der Waals surface area contributed by atoms with Gasteiger partial charge in [0.1, 0.15) is 5.75 Å². The van der Waals surface area contributed by atoms with E-state index in [2.05, 4.69) is 4.90 Å². The first kappa shape index (κ1) is 23.6. The summed E-state index contributed by atoms with van der Waals surface area (Å²) < 4.78 is 33.9. The van der Waals surface area contributed by atoms with Crippen LogP contribution in [-0.2, 0) is 14.8 Å². The number of benzene rings is 2. The average Bonchev–Trinajstić information content (AvgIpc) is 2.88. The van der Waals surface area contributed by atoms with Gasteiger partial charge in [-0.05, 0) is 37.1 Å². The maximum atomic E-state index is 13.5. The lowest BCUT2D eigenvalue weighted by Gasteiger charge is -2.38. The zero-order valence-corrected chi connectivity index (χ0v) is 20.0. The molecule has 1 saturated heterocycles. The summed E-state index contributed by atoms with van der Waals surface area (Å²) in [6.45, 7) is 2.38. The Morgan fingerprint density at radius 3 is 2.24 bits per heavy atom. The zero-order valence-electron chi connectivity index (χ0n) is 19.2. The number of hydrogen-bond donors (Lipinski definition) is 0. The number of amides is 1. The molecule has 178 valence electrons. The Hall–Kier alpha value is -2.58. The predicted molar refractivity (Wildman–Crippen MR) is 129 cm³/mol. The summed E-state index contributed by atoms with van der Waals surface area (Å²) in [6.07, 6.45) is 4.73. The van der Waals surface area contributed by atoms with E-state index in [0.717, 1.165) is 43.5 Å². The fourth-order valence-corrected chi connectivity index (χ4v) is 6.48. The first-order valence-corrected chi connectivity index (χ1v) is 13.2. The van der Waals surface area contributed by atoms with Crippen LogP contribution in [0.1, 0.15) is 32.1 Å². The third-order valence-corrected chi connectivity index (χ3v) is 8.59. The van der Waals surface area contributed by atoms with Crippen LogP contribution in [0.2, 0.25) is 0 Å². The molecule has 2 aliphatic rings. The zero-order chi connectivity index (χ0) is 23.3. The second-order valence-electron chi connectivity index (χ2n) is 8.69. The SMILES string of the molecule is COc1ccccc1N1CCN(C(=O)CN(C2CCCCC2)S(=O)(=O)c2ccccc2)CC1. The first-order valence-electron chi connectivity index (χ1n) is 11.7. The molecule has 1 aliphatic carbocycles. The summed E-state index contributed by atoms with van der Waals surface area (Å²) in [7, 11) is -2.08. The smallest absolute Gasteiger partial charge is 0.243 e. The lowest BCUT2D eigenvalue weighted by atomic mass is 9.95. The number of para-hydroxylation sites is 2. The van der Waals surface area contributed by atoms with E-state index in [4.69, 9.17) is 4.74 Å². The molecule has 2 fully saturated rings. The summed E-state index contributed by atoms with van der Waals surface area (Å²) in [5.74, 6) is 0.689. The van der Waals surface area contributed by atoms with Gasteiger partial charge in [-0.1, -0.05) is 49.6 Å². The number of methoxy groups -OCH3 is 1. The normalized spacial score (nSPS) is 17.9. The molecule has 8 heteroatoms. The van der Waals surface area contributed by atoms with Gasteiger partial charge >= 0.3 is 0 Å². The molecule has 1 amide bonds. The molecule has 7 nitrogen and oxygen atoms in total. The standard InChI is InChI=1S/C25H33N3O4S/c1-32-24-15-9-8-14-23(24)26-16-18-27(19-17-26)25(29)20-28(21-10-4-2-5-11-21)33(30,31)22-12-6-3-7-13-22/h3,6-9,12-15,21H,2,4-5,10-11,16-20H2,1H3. The minimum absolute atomic E-state index is 0.101. The Morgan fingerprint density at radius 1 is 0.939 bits per heavy atom. The number of rotatable bonds is 7. The van der Waals surface area contributed by atoms with Crippen LogP contribution in [0.3, 0.4) is 0 Å². The minimum Gasteiger partial charge on any atom is -0.495 e.